The normalized spacial score (nSPS) is 11.3. The largest absolute Gasteiger partial charge is 0.504 e. The van der Waals surface area contributed by atoms with Crippen LogP contribution in [0.25, 0.3) is 0 Å². The summed E-state index contributed by atoms with van der Waals surface area (Å²) in [6.45, 7) is 1.89. The van der Waals surface area contributed by atoms with Gasteiger partial charge in [0.15, 0.2) is 21.3 Å². The van der Waals surface area contributed by atoms with E-state index in [1.165, 1.54) is 6.07 Å². The van der Waals surface area contributed by atoms with Crippen molar-refractivity contribution >= 4 is 9.84 Å². The van der Waals surface area contributed by atoms with Crippen LogP contribution in [0.15, 0.2) is 24.3 Å². The van der Waals surface area contributed by atoms with Crippen molar-refractivity contribution in [1.82, 2.24) is 0 Å². The second kappa shape index (κ2) is 5.75. The van der Waals surface area contributed by atoms with Gasteiger partial charge in [0, 0.05) is 0 Å². The first-order chi connectivity index (χ1) is 7.55. The molecule has 0 saturated carbocycles. The van der Waals surface area contributed by atoms with E-state index in [0.717, 1.165) is 0 Å². The summed E-state index contributed by atoms with van der Waals surface area (Å²) >= 11 is 0. The summed E-state index contributed by atoms with van der Waals surface area (Å²) in [6.07, 6.45) is 0.610. The Kier molecular flexibility index (Phi) is 4.61. The second-order valence-electron chi connectivity index (χ2n) is 3.47. The molecule has 90 valence electrons. The fraction of sp³-hybridized carbons (Fsp3) is 0.455. The van der Waals surface area contributed by atoms with E-state index in [4.69, 9.17) is 4.74 Å². The molecule has 1 aromatic carbocycles. The molecule has 0 saturated heterocycles. The van der Waals surface area contributed by atoms with Crippen molar-refractivity contribution in [3.05, 3.63) is 24.3 Å². The molecule has 4 nitrogen and oxygen atoms in total. The van der Waals surface area contributed by atoms with Crippen molar-refractivity contribution in [1.29, 1.82) is 0 Å². The number of ether oxygens (including phenoxy) is 1. The van der Waals surface area contributed by atoms with Crippen LogP contribution in [0.5, 0.6) is 11.5 Å². The maximum absolute atomic E-state index is 11.4. The highest BCUT2D eigenvalue weighted by atomic mass is 32.2. The van der Waals surface area contributed by atoms with Gasteiger partial charge in [0.25, 0.3) is 0 Å². The summed E-state index contributed by atoms with van der Waals surface area (Å²) in [5, 5.41) is 9.37. The van der Waals surface area contributed by atoms with Gasteiger partial charge in [0.05, 0.1) is 11.5 Å². The van der Waals surface area contributed by atoms with E-state index in [1.807, 2.05) is 6.92 Å². The zero-order chi connectivity index (χ0) is 12.0. The van der Waals surface area contributed by atoms with Crippen molar-refractivity contribution in [2.75, 3.05) is 18.1 Å². The zero-order valence-electron chi connectivity index (χ0n) is 9.22. The molecule has 0 atom stereocenters. The van der Waals surface area contributed by atoms with Gasteiger partial charge >= 0.3 is 0 Å². The molecule has 0 unspecified atom stereocenters. The summed E-state index contributed by atoms with van der Waals surface area (Å²) in [7, 11) is -3.02. The van der Waals surface area contributed by atoms with Gasteiger partial charge in [0.2, 0.25) is 0 Å². The third-order valence-electron chi connectivity index (χ3n) is 2.03. The molecule has 16 heavy (non-hydrogen) atoms. The minimum absolute atomic E-state index is 0.0187. The van der Waals surface area contributed by atoms with E-state index < -0.39 is 9.84 Å². The number of para-hydroxylation sites is 2. The highest BCUT2D eigenvalue weighted by Gasteiger charge is 2.10. The molecular weight excluding hydrogens is 228 g/mol. The lowest BCUT2D eigenvalue weighted by molar-refractivity contribution is 0.319. The Bertz CT molecular complexity index is 425. The van der Waals surface area contributed by atoms with E-state index in [1.54, 1.807) is 18.2 Å². The second-order valence-corrected chi connectivity index (χ2v) is 5.77. The monoisotopic (exact) mass is 244 g/mol. The fourth-order valence-electron chi connectivity index (χ4n) is 1.27. The summed E-state index contributed by atoms with van der Waals surface area (Å²) in [5.74, 6) is 0.497. The zero-order valence-corrected chi connectivity index (χ0v) is 10.0. The smallest absolute Gasteiger partial charge is 0.160 e. The Hall–Kier alpha value is -1.23. The van der Waals surface area contributed by atoms with E-state index >= 15 is 0 Å². The standard InChI is InChI=1S/C11H16O4S/c1-2-8-16(13,14)9-7-15-11-6-4-3-5-10(11)12/h3-6,12H,2,7-9H2,1H3. The van der Waals surface area contributed by atoms with Crippen LogP contribution < -0.4 is 4.74 Å². The maximum atomic E-state index is 11.4. The molecule has 0 bridgehead atoms. The number of phenols is 1. The molecule has 1 N–H and O–H groups in total. The quantitative estimate of drug-likeness (QED) is 0.825. The van der Waals surface area contributed by atoms with E-state index in [9.17, 15) is 13.5 Å². The van der Waals surface area contributed by atoms with Crippen LogP contribution in [-0.2, 0) is 9.84 Å². The average molecular weight is 244 g/mol. The Labute approximate surface area is 95.8 Å². The van der Waals surface area contributed by atoms with Crippen molar-refractivity contribution in [2.45, 2.75) is 13.3 Å². The molecule has 0 radical (unpaired) electrons. The van der Waals surface area contributed by atoms with Crippen molar-refractivity contribution in [2.24, 2.45) is 0 Å². The van der Waals surface area contributed by atoms with Crippen molar-refractivity contribution in [3.8, 4) is 11.5 Å². The number of aromatic hydroxyl groups is 1. The molecule has 1 aromatic rings. The number of sulfone groups is 1. The van der Waals surface area contributed by atoms with Crippen LogP contribution in [-0.4, -0.2) is 31.6 Å². The van der Waals surface area contributed by atoms with E-state index in [0.29, 0.717) is 12.2 Å². The predicted molar refractivity (Wildman–Crippen MR) is 62.5 cm³/mol. The van der Waals surface area contributed by atoms with Gasteiger partial charge in [-0.05, 0) is 18.6 Å². The SMILES string of the molecule is CCCS(=O)(=O)CCOc1ccccc1O. The van der Waals surface area contributed by atoms with Crippen LogP contribution in [0.3, 0.4) is 0 Å². The van der Waals surface area contributed by atoms with Gasteiger partial charge < -0.3 is 9.84 Å². The minimum atomic E-state index is -3.02. The number of rotatable bonds is 6. The summed E-state index contributed by atoms with van der Waals surface area (Å²) in [5.41, 5.74) is 0. The van der Waals surface area contributed by atoms with Gasteiger partial charge in [0.1, 0.15) is 6.61 Å². The first-order valence-corrected chi connectivity index (χ1v) is 6.98. The molecule has 0 aliphatic rings. The number of hydrogen-bond acceptors (Lipinski definition) is 4. The highest BCUT2D eigenvalue weighted by Crippen LogP contribution is 2.24. The van der Waals surface area contributed by atoms with Gasteiger partial charge in [-0.1, -0.05) is 19.1 Å². The Morgan fingerprint density at radius 1 is 1.25 bits per heavy atom. The first kappa shape index (κ1) is 12.8. The summed E-state index contributed by atoms with van der Waals surface area (Å²) in [6, 6.07) is 6.49. The summed E-state index contributed by atoms with van der Waals surface area (Å²) < 4.78 is 27.9. The van der Waals surface area contributed by atoms with Crippen LogP contribution in [0.1, 0.15) is 13.3 Å². The van der Waals surface area contributed by atoms with Gasteiger partial charge in [-0.2, -0.15) is 0 Å². The van der Waals surface area contributed by atoms with Crippen LogP contribution in [0, 0.1) is 0 Å². The van der Waals surface area contributed by atoms with Gasteiger partial charge in [-0.15, -0.1) is 0 Å². The molecule has 0 aliphatic carbocycles. The molecule has 0 spiro atoms. The third-order valence-corrected chi connectivity index (χ3v) is 3.85. The fourth-order valence-corrected chi connectivity index (χ4v) is 2.43. The van der Waals surface area contributed by atoms with Gasteiger partial charge in [-0.3, -0.25) is 0 Å². The number of phenolic OH excluding ortho intramolecular Hbond substituents is 1. The topological polar surface area (TPSA) is 63.6 Å². The van der Waals surface area contributed by atoms with Crippen LogP contribution in [0.4, 0.5) is 0 Å². The molecule has 0 aliphatic heterocycles. The highest BCUT2D eigenvalue weighted by molar-refractivity contribution is 7.91. The van der Waals surface area contributed by atoms with Crippen LogP contribution >= 0.6 is 0 Å². The Morgan fingerprint density at radius 3 is 2.56 bits per heavy atom. The minimum Gasteiger partial charge on any atom is -0.504 e. The maximum Gasteiger partial charge on any atom is 0.160 e. The lowest BCUT2D eigenvalue weighted by Crippen LogP contribution is -2.16. The average Bonchev–Trinajstić information content (AvgIpc) is 2.20. The lowest BCUT2D eigenvalue weighted by atomic mass is 10.3. The molecule has 0 fully saturated rings. The Morgan fingerprint density at radius 2 is 1.94 bits per heavy atom. The number of benzene rings is 1. The molecule has 0 heterocycles. The molecule has 0 aromatic heterocycles. The van der Waals surface area contributed by atoms with Crippen LogP contribution in [0.2, 0.25) is 0 Å². The molecular formula is C11H16O4S. The van der Waals surface area contributed by atoms with E-state index in [-0.39, 0.29) is 23.9 Å². The van der Waals surface area contributed by atoms with Gasteiger partial charge in [-0.25, -0.2) is 8.42 Å². The molecule has 5 heteroatoms. The summed E-state index contributed by atoms with van der Waals surface area (Å²) in [4.78, 5) is 0. The van der Waals surface area contributed by atoms with Crippen molar-refractivity contribution < 1.29 is 18.3 Å². The number of hydrogen-bond donors (Lipinski definition) is 1. The van der Waals surface area contributed by atoms with Crippen molar-refractivity contribution in [3.63, 3.8) is 0 Å². The molecule has 0 amide bonds. The molecule has 1 rings (SSSR count). The third kappa shape index (κ3) is 4.10. The Balaban J connectivity index is 2.45. The van der Waals surface area contributed by atoms with E-state index in [2.05, 4.69) is 0 Å². The predicted octanol–water partition coefficient (Wildman–Crippen LogP) is 1.60. The lowest BCUT2D eigenvalue weighted by Gasteiger charge is -2.07. The first-order valence-electron chi connectivity index (χ1n) is 5.16.